The number of nitrogens with one attached hydrogen (secondary N) is 1. The molecule has 8 heteroatoms. The summed E-state index contributed by atoms with van der Waals surface area (Å²) in [6.45, 7) is 6.91. The van der Waals surface area contributed by atoms with Crippen LogP contribution in [0.4, 0.5) is 8.78 Å². The van der Waals surface area contributed by atoms with E-state index in [1.54, 1.807) is 19.3 Å². The van der Waals surface area contributed by atoms with Gasteiger partial charge in [-0.2, -0.15) is 0 Å². The van der Waals surface area contributed by atoms with E-state index in [1.165, 1.54) is 0 Å². The number of benzene rings is 1. The Kier molecular flexibility index (Phi) is 8.59. The highest BCUT2D eigenvalue weighted by Gasteiger charge is 2.63. The summed E-state index contributed by atoms with van der Waals surface area (Å²) >= 11 is 0. The van der Waals surface area contributed by atoms with Crippen LogP contribution in [0.25, 0.3) is 0 Å². The molecule has 1 amide bonds. The Morgan fingerprint density at radius 1 is 1.17 bits per heavy atom. The van der Waals surface area contributed by atoms with Gasteiger partial charge in [0, 0.05) is 54.7 Å². The molecule has 3 rings (SSSR count). The lowest BCUT2D eigenvalue weighted by Crippen LogP contribution is -2.43. The van der Waals surface area contributed by atoms with Crippen molar-refractivity contribution in [1.82, 2.24) is 20.2 Å². The molecule has 1 aliphatic rings. The summed E-state index contributed by atoms with van der Waals surface area (Å²) in [5, 5.41) is 2.99. The molecule has 0 spiro atoms. The Bertz CT molecular complexity index is 1080. The number of likely N-dealkylation sites (N-methyl/N-ethyl adjacent to an activating group) is 1. The summed E-state index contributed by atoms with van der Waals surface area (Å²) in [7, 11) is 3.90. The summed E-state index contributed by atoms with van der Waals surface area (Å²) in [5.74, 6) is -3.14. The van der Waals surface area contributed by atoms with Gasteiger partial charge in [-0.1, -0.05) is 19.1 Å². The van der Waals surface area contributed by atoms with Crippen LogP contribution in [0.1, 0.15) is 78.3 Å². The van der Waals surface area contributed by atoms with Gasteiger partial charge in [-0.15, -0.1) is 0 Å². The van der Waals surface area contributed by atoms with Gasteiger partial charge in [-0.05, 0) is 76.9 Å². The molecule has 1 aliphatic carbocycles. The first-order valence-electron chi connectivity index (χ1n) is 12.6. The molecular weight excluding hydrogens is 462 g/mol. The Hall–Kier alpha value is -2.74. The molecule has 2 atom stereocenters. The molecule has 0 unspecified atom stereocenters. The van der Waals surface area contributed by atoms with E-state index < -0.39 is 17.3 Å². The summed E-state index contributed by atoms with van der Waals surface area (Å²) < 4.78 is 29.3. The van der Waals surface area contributed by atoms with Gasteiger partial charge in [0.15, 0.2) is 5.78 Å². The van der Waals surface area contributed by atoms with Crippen LogP contribution in [0.15, 0.2) is 30.6 Å². The molecule has 6 nitrogen and oxygen atoms in total. The average molecular weight is 501 g/mol. The number of Topliss-reactive ketones (excluding diaryl/α,β-unsaturated/α-hetero) is 1. The molecule has 1 fully saturated rings. The van der Waals surface area contributed by atoms with Crippen molar-refractivity contribution in [2.24, 2.45) is 5.41 Å². The van der Waals surface area contributed by atoms with Gasteiger partial charge in [0.05, 0.1) is 0 Å². The zero-order valence-electron chi connectivity index (χ0n) is 22.2. The largest absolute Gasteiger partial charge is 0.355 e. The smallest absolute Gasteiger partial charge is 0.251 e. The second-order valence-corrected chi connectivity index (χ2v) is 10.4. The van der Waals surface area contributed by atoms with Crippen LogP contribution in [-0.2, 0) is 11.2 Å². The van der Waals surface area contributed by atoms with Crippen LogP contribution < -0.4 is 5.32 Å². The van der Waals surface area contributed by atoms with Gasteiger partial charge in [0.1, 0.15) is 5.82 Å². The predicted octanol–water partition coefficient (Wildman–Crippen LogP) is 4.88. The Balaban J connectivity index is 1.70. The number of carbonyl (C=O) groups excluding carboxylic acids is 2. The predicted molar refractivity (Wildman–Crippen MR) is 136 cm³/mol. The minimum absolute atomic E-state index is 0.00374. The third kappa shape index (κ3) is 6.33. The number of aromatic nitrogens is 2. The molecule has 0 saturated heterocycles. The second kappa shape index (κ2) is 11.1. The Labute approximate surface area is 212 Å². The molecule has 1 aromatic carbocycles. The summed E-state index contributed by atoms with van der Waals surface area (Å²) in [5.41, 5.74) is 2.19. The molecule has 1 saturated carbocycles. The van der Waals surface area contributed by atoms with Crippen molar-refractivity contribution in [2.45, 2.75) is 77.7 Å². The molecule has 36 heavy (non-hydrogen) atoms. The van der Waals surface area contributed by atoms with Crippen LogP contribution in [0.2, 0.25) is 0 Å². The first-order chi connectivity index (χ1) is 16.9. The van der Waals surface area contributed by atoms with E-state index in [4.69, 9.17) is 0 Å². The van der Waals surface area contributed by atoms with Crippen molar-refractivity contribution >= 4 is 11.7 Å². The maximum Gasteiger partial charge on any atom is 0.251 e. The zero-order chi connectivity index (χ0) is 26.7. The standard InChI is InChI=1S/C28H38F2N4O2/c1-7-25(35)21-9-8-20(18(2)12-21)13-23(34(5)6)17-33-26(36)14-24(22-15-31-19(3)32-16-22)28(10-11-28)27(4,29)30/h8-9,12,15-16,23-24H,7,10-11,13-14,17H2,1-6H3,(H,33,36)/t23-,24+/m0/s1. The van der Waals surface area contributed by atoms with Crippen LogP contribution in [0.3, 0.4) is 0 Å². The van der Waals surface area contributed by atoms with E-state index in [0.29, 0.717) is 49.2 Å². The second-order valence-electron chi connectivity index (χ2n) is 10.4. The maximum absolute atomic E-state index is 14.6. The van der Waals surface area contributed by atoms with Crippen LogP contribution in [0, 0.1) is 19.3 Å². The molecule has 0 aliphatic heterocycles. The lowest BCUT2D eigenvalue weighted by molar-refractivity contribution is -0.123. The minimum Gasteiger partial charge on any atom is -0.355 e. The van der Waals surface area contributed by atoms with Crippen molar-refractivity contribution in [2.75, 3.05) is 20.6 Å². The molecule has 0 bridgehead atoms. The maximum atomic E-state index is 14.6. The quantitative estimate of drug-likeness (QED) is 0.420. The zero-order valence-corrected chi connectivity index (χ0v) is 22.2. The van der Waals surface area contributed by atoms with Crippen molar-refractivity contribution in [1.29, 1.82) is 0 Å². The highest BCUT2D eigenvalue weighted by atomic mass is 19.3. The molecule has 0 radical (unpaired) electrons. The number of aryl methyl sites for hydroxylation is 2. The van der Waals surface area contributed by atoms with E-state index in [0.717, 1.165) is 18.1 Å². The van der Waals surface area contributed by atoms with Crippen molar-refractivity contribution in [3.05, 3.63) is 58.7 Å². The van der Waals surface area contributed by atoms with Gasteiger partial charge in [-0.3, -0.25) is 9.59 Å². The summed E-state index contributed by atoms with van der Waals surface area (Å²) in [6.07, 6.45) is 5.01. The number of hydrogen-bond donors (Lipinski definition) is 1. The fourth-order valence-corrected chi connectivity index (χ4v) is 4.93. The third-order valence-corrected chi connectivity index (χ3v) is 7.63. The lowest BCUT2D eigenvalue weighted by atomic mass is 9.78. The van der Waals surface area contributed by atoms with Crippen LogP contribution in [-0.4, -0.2) is 59.2 Å². The van der Waals surface area contributed by atoms with Crippen molar-refractivity contribution in [3.8, 4) is 0 Å². The lowest BCUT2D eigenvalue weighted by Gasteiger charge is -2.32. The Morgan fingerprint density at radius 3 is 2.31 bits per heavy atom. The van der Waals surface area contributed by atoms with Crippen molar-refractivity contribution < 1.29 is 18.4 Å². The van der Waals surface area contributed by atoms with Crippen molar-refractivity contribution in [3.63, 3.8) is 0 Å². The first-order valence-corrected chi connectivity index (χ1v) is 12.6. The normalized spacial score (nSPS) is 16.5. The van der Waals surface area contributed by atoms with Crippen LogP contribution in [0.5, 0.6) is 0 Å². The number of halogens is 2. The van der Waals surface area contributed by atoms with Gasteiger partial charge in [0.2, 0.25) is 5.91 Å². The van der Waals surface area contributed by atoms with Gasteiger partial charge in [-0.25, -0.2) is 18.7 Å². The molecular formula is C28H38F2N4O2. The average Bonchev–Trinajstić information content (AvgIpc) is 3.63. The molecule has 1 aromatic heterocycles. The van der Waals surface area contributed by atoms with Crippen LogP contribution >= 0.6 is 0 Å². The third-order valence-electron chi connectivity index (χ3n) is 7.63. The molecule has 2 aromatic rings. The number of carbonyl (C=O) groups is 2. The van der Waals surface area contributed by atoms with E-state index >= 15 is 0 Å². The fourth-order valence-electron chi connectivity index (χ4n) is 4.93. The first kappa shape index (κ1) is 27.8. The van der Waals surface area contributed by atoms with E-state index in [2.05, 4.69) is 15.3 Å². The topological polar surface area (TPSA) is 75.2 Å². The number of nitrogens with zero attached hydrogens (tertiary/aromatic N) is 3. The van der Waals surface area contributed by atoms with E-state index in [-0.39, 0.29) is 24.2 Å². The molecule has 1 N–H and O–H groups in total. The van der Waals surface area contributed by atoms with Gasteiger partial charge < -0.3 is 10.2 Å². The van der Waals surface area contributed by atoms with E-state index in [1.807, 2.05) is 51.0 Å². The highest BCUT2D eigenvalue weighted by Crippen LogP contribution is 2.65. The summed E-state index contributed by atoms with van der Waals surface area (Å²) in [6, 6.07) is 5.75. The SMILES string of the molecule is CCC(=O)c1ccc(C[C@@H](CNC(=O)C[C@H](c2cnc(C)nc2)C2(C(C)(F)F)CC2)N(C)C)c(C)c1. The van der Waals surface area contributed by atoms with E-state index in [9.17, 15) is 18.4 Å². The number of rotatable bonds is 12. The number of alkyl halides is 2. The number of ketones is 1. The molecule has 196 valence electrons. The fraction of sp³-hybridized carbons (Fsp3) is 0.571. The number of amides is 1. The van der Waals surface area contributed by atoms with Gasteiger partial charge in [0.25, 0.3) is 5.92 Å². The molecule has 1 heterocycles. The number of hydrogen-bond acceptors (Lipinski definition) is 5. The monoisotopic (exact) mass is 500 g/mol. The summed E-state index contributed by atoms with van der Waals surface area (Å²) in [4.78, 5) is 35.5. The Morgan fingerprint density at radius 2 is 1.81 bits per heavy atom. The van der Waals surface area contributed by atoms with Gasteiger partial charge >= 0.3 is 0 Å². The highest BCUT2D eigenvalue weighted by molar-refractivity contribution is 5.96. The minimum atomic E-state index is -2.90.